The van der Waals surface area contributed by atoms with Gasteiger partial charge in [0.15, 0.2) is 5.78 Å². The minimum absolute atomic E-state index is 0.0306. The topological polar surface area (TPSA) is 183 Å². The smallest absolute Gasteiger partial charge is 0.262 e. The number of aliphatic hydroxyl groups excluding tert-OH is 1. The lowest BCUT2D eigenvalue weighted by molar-refractivity contribution is -0.150. The highest BCUT2D eigenvalue weighted by atomic mass is 16.5. The number of carbonyl (C=O) groups is 3. The summed E-state index contributed by atoms with van der Waals surface area (Å²) in [4.78, 5) is 54.2. The maximum Gasteiger partial charge on any atom is 0.262 e. The monoisotopic (exact) mass is 952 g/mol. The van der Waals surface area contributed by atoms with Gasteiger partial charge in [0.05, 0.1) is 56.1 Å². The zero-order chi connectivity index (χ0) is 48.7. The second-order valence-electron chi connectivity index (χ2n) is 21.3. The summed E-state index contributed by atoms with van der Waals surface area (Å²) in [5.74, 6) is 0.165. The summed E-state index contributed by atoms with van der Waals surface area (Å²) >= 11 is 0. The van der Waals surface area contributed by atoms with Crippen molar-refractivity contribution >= 4 is 28.5 Å². The van der Waals surface area contributed by atoms with Crippen LogP contribution in [0.25, 0.3) is 33.6 Å². The molecule has 1 aliphatic carbocycles. The van der Waals surface area contributed by atoms with Crippen LogP contribution in [0.4, 0.5) is 0 Å². The number of morpholine rings is 1. The van der Waals surface area contributed by atoms with Crippen LogP contribution >= 0.6 is 0 Å². The maximum absolute atomic E-state index is 14.5. The van der Waals surface area contributed by atoms with E-state index in [4.69, 9.17) is 33.3 Å². The number of hydrazine groups is 1. The number of ether oxygens (including phenoxy) is 4. The van der Waals surface area contributed by atoms with E-state index in [1.165, 1.54) is 16.8 Å². The van der Waals surface area contributed by atoms with E-state index in [1.807, 2.05) is 46.9 Å². The number of amides is 2. The number of carbonyl (C=O) groups excluding carboxylic acids is 3. The molecule has 1 saturated carbocycles. The summed E-state index contributed by atoms with van der Waals surface area (Å²) in [6.45, 7) is 19.3. The third-order valence-electron chi connectivity index (χ3n) is 15.6. The van der Waals surface area contributed by atoms with Gasteiger partial charge in [-0.15, -0.1) is 0 Å². The van der Waals surface area contributed by atoms with Crippen LogP contribution in [0.3, 0.4) is 0 Å². The summed E-state index contributed by atoms with van der Waals surface area (Å²) in [5, 5.41) is 16.3. The number of benzene rings is 1. The van der Waals surface area contributed by atoms with Crippen LogP contribution in [0.15, 0.2) is 41.1 Å². The summed E-state index contributed by atoms with van der Waals surface area (Å²) in [6, 6.07) is 7.27. The van der Waals surface area contributed by atoms with Crippen molar-refractivity contribution in [3.05, 3.63) is 59.2 Å². The number of ketones is 1. The van der Waals surface area contributed by atoms with Crippen LogP contribution < -0.4 is 10.7 Å². The normalized spacial score (nSPS) is 27.4. The van der Waals surface area contributed by atoms with E-state index in [-0.39, 0.29) is 67.2 Å². The lowest BCUT2D eigenvalue weighted by atomic mass is 9.82. The Bertz CT molecular complexity index is 2490. The van der Waals surface area contributed by atoms with Gasteiger partial charge in [-0.1, -0.05) is 27.7 Å². The van der Waals surface area contributed by atoms with Crippen LogP contribution in [-0.2, 0) is 46.3 Å². The van der Waals surface area contributed by atoms with Crippen molar-refractivity contribution in [3.63, 3.8) is 0 Å². The van der Waals surface area contributed by atoms with Crippen LogP contribution in [0, 0.1) is 23.2 Å². The zero-order valence-corrected chi connectivity index (χ0v) is 41.8. The molecule has 5 aliphatic rings. The van der Waals surface area contributed by atoms with E-state index in [9.17, 15) is 19.5 Å². The number of pyridine rings is 1. The third-order valence-corrected chi connectivity index (χ3v) is 15.6. The van der Waals surface area contributed by atoms with Crippen molar-refractivity contribution in [3.8, 4) is 22.7 Å². The number of oxazole rings is 1. The van der Waals surface area contributed by atoms with Crippen molar-refractivity contribution in [1.29, 1.82) is 0 Å². The highest BCUT2D eigenvalue weighted by Crippen LogP contribution is 2.46. The summed E-state index contributed by atoms with van der Waals surface area (Å²) in [6.07, 6.45) is 6.22. The molecule has 0 radical (unpaired) electrons. The first-order valence-electron chi connectivity index (χ1n) is 25.4. The molecule has 4 aliphatic heterocycles. The molecule has 2 amide bonds. The highest BCUT2D eigenvalue weighted by Gasteiger charge is 2.50. The molecular weight excluding hydrogens is 879 g/mol. The number of nitrogens with zero attached hydrogens (tertiary/aromatic N) is 5. The molecule has 9 rings (SSSR count). The van der Waals surface area contributed by atoms with Crippen molar-refractivity contribution in [1.82, 2.24) is 35.2 Å². The third kappa shape index (κ3) is 10.3. The first-order chi connectivity index (χ1) is 33.2. The number of aliphatic hydroxyl groups is 1. The van der Waals surface area contributed by atoms with E-state index >= 15 is 0 Å². The predicted molar refractivity (Wildman–Crippen MR) is 260 cm³/mol. The van der Waals surface area contributed by atoms with Gasteiger partial charge < -0.3 is 38.4 Å². The molecule has 7 heterocycles. The second kappa shape index (κ2) is 20.7. The lowest BCUT2D eigenvalue weighted by Gasteiger charge is -2.42. The Hall–Kier alpha value is -4.55. The van der Waals surface area contributed by atoms with E-state index < -0.39 is 23.6 Å². The molecule has 0 spiro atoms. The Morgan fingerprint density at radius 2 is 1.88 bits per heavy atom. The van der Waals surface area contributed by atoms with Crippen LogP contribution in [0.2, 0.25) is 0 Å². The predicted octanol–water partition coefficient (Wildman–Crippen LogP) is 6.54. The summed E-state index contributed by atoms with van der Waals surface area (Å²) in [7, 11) is 1.71. The SMILES string of the molecule is CO[C@@H](C)c1ncc([C@@H]2CCN3CCOCC3C2)cc1-c1c(CC(C)(C)CO)c2cc(-c3nc([C@H]4OCCC(=O)[C@@H]5CCCN(N5)C(=O)[C@H]4NC(=O)C4[C@@H](C)[C@H]4C)co3)ccc2n1CCOC(C)C. The Morgan fingerprint density at radius 3 is 2.64 bits per heavy atom. The van der Waals surface area contributed by atoms with Gasteiger partial charge in [-0.3, -0.25) is 29.3 Å². The Labute approximate surface area is 406 Å². The quantitative estimate of drug-likeness (QED) is 0.117. The number of hydrogen-bond acceptors (Lipinski definition) is 13. The van der Waals surface area contributed by atoms with Crippen molar-refractivity contribution in [2.24, 2.45) is 23.2 Å². The highest BCUT2D eigenvalue weighted by molar-refractivity contribution is 5.95. The first kappa shape index (κ1) is 49.4. The molecule has 69 heavy (non-hydrogen) atoms. The molecule has 4 aromatic rings. The zero-order valence-electron chi connectivity index (χ0n) is 41.8. The summed E-state index contributed by atoms with van der Waals surface area (Å²) < 4.78 is 33.3. The van der Waals surface area contributed by atoms with Crippen LogP contribution in [-0.4, -0.2) is 131 Å². The number of rotatable bonds is 15. The van der Waals surface area contributed by atoms with Gasteiger partial charge in [0.2, 0.25) is 11.8 Å². The Kier molecular flexibility index (Phi) is 14.8. The average molecular weight is 952 g/mol. The van der Waals surface area contributed by atoms with Gasteiger partial charge >= 0.3 is 0 Å². The molecule has 5 fully saturated rings. The number of hydrogen-bond donors (Lipinski definition) is 3. The summed E-state index contributed by atoms with van der Waals surface area (Å²) in [5.41, 5.74) is 9.73. The number of methoxy groups -OCH3 is 1. The fourth-order valence-corrected chi connectivity index (χ4v) is 11.2. The first-order valence-corrected chi connectivity index (χ1v) is 25.4. The van der Waals surface area contributed by atoms with Gasteiger partial charge in [0, 0.05) is 80.0 Å². The van der Waals surface area contributed by atoms with E-state index in [0.717, 1.165) is 72.6 Å². The standard InChI is InChI=1S/C53H73N7O9/c1-30(2)67-21-18-59-43-12-11-35(51-55-42(28-69-51)49-47(56-50(63)45-31(3)32(45)4)52(64)60-15-9-10-41(57-60)44(62)14-19-68-49)23-38(43)40(25-53(6,7)29-61)48(59)39-24-36(26-54-46(39)33(5)65-8)34-13-16-58-17-20-66-27-37(58)22-34/h11-12,23-24,26,28,30-34,37,41,45,47,49,57,61H,9-10,13-22,25,27,29H2,1-8H3,(H,56,63)/t31-,32+,33-,34+,37?,41-,45?,47-,49+/m0/s1. The molecule has 9 atom stereocenters. The fraction of sp³-hybridized carbons (Fsp3) is 0.642. The van der Waals surface area contributed by atoms with E-state index in [1.54, 1.807) is 7.11 Å². The van der Waals surface area contributed by atoms with Crippen LogP contribution in [0.1, 0.15) is 121 Å². The van der Waals surface area contributed by atoms with E-state index in [0.29, 0.717) is 68.1 Å². The number of fused-ring (bicyclic) bond motifs is 4. The van der Waals surface area contributed by atoms with Gasteiger partial charge in [0.1, 0.15) is 24.1 Å². The lowest BCUT2D eigenvalue weighted by Crippen LogP contribution is -2.62. The van der Waals surface area contributed by atoms with Crippen molar-refractivity contribution < 1.29 is 42.9 Å². The molecule has 3 N–H and O–H groups in total. The van der Waals surface area contributed by atoms with Gasteiger partial charge in [-0.25, -0.2) is 10.4 Å². The van der Waals surface area contributed by atoms with Crippen LogP contribution in [0.5, 0.6) is 0 Å². The molecule has 3 aromatic heterocycles. The minimum Gasteiger partial charge on any atom is -0.444 e. The molecule has 16 nitrogen and oxygen atoms in total. The average Bonchev–Trinajstić information content (AvgIpc) is 3.61. The van der Waals surface area contributed by atoms with Gasteiger partial charge in [-0.05, 0) is 118 Å². The van der Waals surface area contributed by atoms with Crippen molar-refractivity contribution in [2.45, 2.75) is 136 Å². The Morgan fingerprint density at radius 1 is 1.07 bits per heavy atom. The second-order valence-corrected chi connectivity index (χ2v) is 21.3. The minimum atomic E-state index is -1.12. The molecule has 1 aromatic carbocycles. The van der Waals surface area contributed by atoms with Gasteiger partial charge in [0.25, 0.3) is 5.91 Å². The molecular formula is C53H73N7O9. The number of Topliss-reactive ketones (excluding diaryl/α,β-unsaturated/α-hetero) is 1. The molecule has 2 unspecified atom stereocenters. The Balaban J connectivity index is 1.15. The molecule has 374 valence electrons. The molecule has 16 heteroatoms. The number of piperidine rings is 1. The molecule has 4 saturated heterocycles. The van der Waals surface area contributed by atoms with Gasteiger partial charge in [-0.2, -0.15) is 0 Å². The van der Waals surface area contributed by atoms with E-state index in [2.05, 4.69) is 52.3 Å². The number of aromatic nitrogens is 3. The van der Waals surface area contributed by atoms with Crippen molar-refractivity contribution in [2.75, 3.05) is 59.8 Å². The fourth-order valence-electron chi connectivity index (χ4n) is 11.2. The largest absolute Gasteiger partial charge is 0.444 e. The number of nitrogens with one attached hydrogen (secondary N) is 2. The molecule has 2 bridgehead atoms. The maximum atomic E-state index is 14.5.